The molecule has 0 radical (unpaired) electrons. The van der Waals surface area contributed by atoms with Gasteiger partial charge in [-0.15, -0.1) is 0 Å². The van der Waals surface area contributed by atoms with Gasteiger partial charge in [0, 0.05) is 25.1 Å². The van der Waals surface area contributed by atoms with Crippen LogP contribution in [0.25, 0.3) is 0 Å². The van der Waals surface area contributed by atoms with E-state index in [1.807, 2.05) is 20.8 Å². The van der Waals surface area contributed by atoms with Crippen LogP contribution in [0.2, 0.25) is 0 Å². The second-order valence-electron chi connectivity index (χ2n) is 6.94. The van der Waals surface area contributed by atoms with Crippen LogP contribution in [0.4, 0.5) is 13.6 Å². The van der Waals surface area contributed by atoms with Crippen molar-refractivity contribution < 1.29 is 23.0 Å². The zero-order chi connectivity index (χ0) is 17.9. The van der Waals surface area contributed by atoms with Crippen LogP contribution in [0.3, 0.4) is 0 Å². The summed E-state index contributed by atoms with van der Waals surface area (Å²) in [7, 11) is 0. The van der Waals surface area contributed by atoms with Crippen molar-refractivity contribution in [1.82, 2.24) is 4.90 Å². The third-order valence-corrected chi connectivity index (χ3v) is 4.23. The highest BCUT2D eigenvalue weighted by molar-refractivity contribution is 9.10. The average Bonchev–Trinajstić information content (AvgIpc) is 2.48. The van der Waals surface area contributed by atoms with Gasteiger partial charge in [-0.3, -0.25) is 0 Å². The first kappa shape index (κ1) is 19.0. The van der Waals surface area contributed by atoms with Crippen molar-refractivity contribution in [3.63, 3.8) is 0 Å². The molecule has 1 atom stereocenters. The molecule has 1 aliphatic heterocycles. The largest absolute Gasteiger partial charge is 0.490 e. The molecule has 1 unspecified atom stereocenters. The fraction of sp³-hybridized carbons (Fsp3) is 0.588. The Labute approximate surface area is 149 Å². The molecule has 0 aromatic heterocycles. The molecule has 2 rings (SSSR count). The van der Waals surface area contributed by atoms with E-state index in [9.17, 15) is 13.6 Å². The van der Waals surface area contributed by atoms with Crippen LogP contribution in [0.1, 0.15) is 33.6 Å². The Morgan fingerprint density at radius 1 is 1.33 bits per heavy atom. The Morgan fingerprint density at radius 3 is 2.71 bits per heavy atom. The Morgan fingerprint density at radius 2 is 2.04 bits per heavy atom. The lowest BCUT2D eigenvalue weighted by molar-refractivity contribution is 0.0138. The molecule has 0 bridgehead atoms. The molecule has 1 amide bonds. The summed E-state index contributed by atoms with van der Waals surface area (Å²) in [5.74, 6) is -1.27. The maximum atomic E-state index is 13.8. The molecule has 0 N–H and O–H groups in total. The molecule has 1 aromatic carbocycles. The number of benzene rings is 1. The van der Waals surface area contributed by atoms with Gasteiger partial charge >= 0.3 is 6.09 Å². The van der Waals surface area contributed by atoms with Gasteiger partial charge in [-0.2, -0.15) is 0 Å². The molecule has 0 aliphatic carbocycles. The van der Waals surface area contributed by atoms with E-state index >= 15 is 0 Å². The zero-order valence-corrected chi connectivity index (χ0v) is 15.7. The smallest absolute Gasteiger partial charge is 0.410 e. The minimum absolute atomic E-state index is 0.0531. The minimum atomic E-state index is -0.622. The normalized spacial score (nSPS) is 18.4. The molecular weight excluding hydrogens is 384 g/mol. The number of halogens is 3. The second-order valence-corrected chi connectivity index (χ2v) is 7.80. The van der Waals surface area contributed by atoms with E-state index in [-0.39, 0.29) is 28.8 Å². The molecule has 1 heterocycles. The highest BCUT2D eigenvalue weighted by atomic mass is 79.9. The second kappa shape index (κ2) is 7.68. The number of amides is 1. The quantitative estimate of drug-likeness (QED) is 0.680. The van der Waals surface area contributed by atoms with Crippen molar-refractivity contribution in [2.75, 3.05) is 19.7 Å². The van der Waals surface area contributed by atoms with Crippen LogP contribution in [0.15, 0.2) is 16.6 Å². The van der Waals surface area contributed by atoms with Crippen molar-refractivity contribution in [2.45, 2.75) is 39.2 Å². The molecule has 7 heteroatoms. The number of rotatable bonds is 3. The van der Waals surface area contributed by atoms with Crippen LogP contribution in [-0.2, 0) is 4.74 Å². The lowest BCUT2D eigenvalue weighted by Gasteiger charge is -2.34. The summed E-state index contributed by atoms with van der Waals surface area (Å²) in [6.07, 6.45) is 1.33. The third kappa shape index (κ3) is 5.33. The lowest BCUT2D eigenvalue weighted by atomic mass is 9.99. The number of piperidine rings is 1. The summed E-state index contributed by atoms with van der Waals surface area (Å²) in [6.45, 7) is 6.79. The third-order valence-electron chi connectivity index (χ3n) is 3.62. The summed E-state index contributed by atoms with van der Waals surface area (Å²) in [5.41, 5.74) is -0.543. The number of hydrogen-bond donors (Lipinski definition) is 0. The van der Waals surface area contributed by atoms with Gasteiger partial charge in [-0.1, -0.05) is 0 Å². The fourth-order valence-corrected chi connectivity index (χ4v) is 2.83. The van der Waals surface area contributed by atoms with Gasteiger partial charge in [0.15, 0.2) is 11.6 Å². The predicted molar refractivity (Wildman–Crippen MR) is 90.1 cm³/mol. The first-order chi connectivity index (χ1) is 11.2. The highest BCUT2D eigenvalue weighted by Gasteiger charge is 2.28. The first-order valence-electron chi connectivity index (χ1n) is 7.91. The number of ether oxygens (including phenoxy) is 2. The van der Waals surface area contributed by atoms with Gasteiger partial charge in [0.25, 0.3) is 0 Å². The van der Waals surface area contributed by atoms with Crippen molar-refractivity contribution in [1.29, 1.82) is 0 Å². The van der Waals surface area contributed by atoms with Crippen LogP contribution >= 0.6 is 15.9 Å². The van der Waals surface area contributed by atoms with E-state index in [2.05, 4.69) is 15.9 Å². The minimum Gasteiger partial charge on any atom is -0.490 e. The van der Waals surface area contributed by atoms with Crippen LogP contribution in [0, 0.1) is 17.6 Å². The Hall–Kier alpha value is -1.37. The van der Waals surface area contributed by atoms with E-state index in [0.717, 1.165) is 25.0 Å². The predicted octanol–water partition coefficient (Wildman–Crippen LogP) is 4.75. The van der Waals surface area contributed by atoms with Gasteiger partial charge in [-0.25, -0.2) is 13.6 Å². The van der Waals surface area contributed by atoms with Crippen molar-refractivity contribution in [3.05, 3.63) is 28.2 Å². The molecular formula is C17H22BrF2NO3. The van der Waals surface area contributed by atoms with Crippen molar-refractivity contribution in [3.8, 4) is 5.75 Å². The molecule has 24 heavy (non-hydrogen) atoms. The molecule has 134 valence electrons. The zero-order valence-electron chi connectivity index (χ0n) is 14.1. The number of carbonyl (C=O) groups excluding carboxylic acids is 1. The molecule has 1 saturated heterocycles. The molecule has 0 saturated carbocycles. The van der Waals surface area contributed by atoms with E-state index in [4.69, 9.17) is 9.47 Å². The monoisotopic (exact) mass is 405 g/mol. The molecule has 4 nitrogen and oxygen atoms in total. The number of nitrogens with zero attached hydrogens (tertiary/aromatic N) is 1. The summed E-state index contributed by atoms with van der Waals surface area (Å²) in [4.78, 5) is 13.8. The van der Waals surface area contributed by atoms with Gasteiger partial charge in [0.05, 0.1) is 11.1 Å². The van der Waals surface area contributed by atoms with Gasteiger partial charge in [0.2, 0.25) is 0 Å². The van der Waals surface area contributed by atoms with E-state index in [1.54, 1.807) is 4.90 Å². The Kier molecular flexibility index (Phi) is 6.06. The Balaban J connectivity index is 1.92. The standard InChI is InChI=1S/C17H22BrF2NO3/c1-17(2,3)24-16(22)21-6-4-5-11(9-21)10-23-15-8-13(19)12(18)7-14(15)20/h7-8,11H,4-6,9-10H2,1-3H3. The number of likely N-dealkylation sites (tertiary alicyclic amines) is 1. The Bertz CT molecular complexity index is 604. The number of hydrogen-bond acceptors (Lipinski definition) is 3. The summed E-state index contributed by atoms with van der Waals surface area (Å²) >= 11 is 2.93. The highest BCUT2D eigenvalue weighted by Crippen LogP contribution is 2.26. The van der Waals surface area contributed by atoms with E-state index in [0.29, 0.717) is 13.1 Å². The first-order valence-corrected chi connectivity index (χ1v) is 8.70. The maximum absolute atomic E-state index is 13.8. The van der Waals surface area contributed by atoms with E-state index in [1.165, 1.54) is 0 Å². The topological polar surface area (TPSA) is 38.8 Å². The number of carbonyl (C=O) groups is 1. The average molecular weight is 406 g/mol. The lowest BCUT2D eigenvalue weighted by Crippen LogP contribution is -2.44. The fourth-order valence-electron chi connectivity index (χ4n) is 2.52. The SMILES string of the molecule is CC(C)(C)OC(=O)N1CCCC(COc2cc(F)c(Br)cc2F)C1. The van der Waals surface area contributed by atoms with Gasteiger partial charge in [-0.05, 0) is 55.6 Å². The summed E-state index contributed by atoms with van der Waals surface area (Å²) in [5, 5.41) is 0. The van der Waals surface area contributed by atoms with Crippen LogP contribution in [-0.4, -0.2) is 36.3 Å². The van der Waals surface area contributed by atoms with Crippen molar-refractivity contribution >= 4 is 22.0 Å². The molecule has 1 aliphatic rings. The van der Waals surface area contributed by atoms with Crippen molar-refractivity contribution in [2.24, 2.45) is 5.92 Å². The molecule has 1 aromatic rings. The maximum Gasteiger partial charge on any atom is 0.410 e. The van der Waals surface area contributed by atoms with Crippen LogP contribution in [0.5, 0.6) is 5.75 Å². The summed E-state index contributed by atoms with van der Waals surface area (Å²) in [6, 6.07) is 2.06. The van der Waals surface area contributed by atoms with Gasteiger partial charge in [0.1, 0.15) is 11.4 Å². The molecule has 0 spiro atoms. The van der Waals surface area contributed by atoms with E-state index < -0.39 is 17.2 Å². The van der Waals surface area contributed by atoms with Crippen LogP contribution < -0.4 is 4.74 Å². The summed E-state index contributed by atoms with van der Waals surface area (Å²) < 4.78 is 38.1. The molecule has 1 fully saturated rings. The van der Waals surface area contributed by atoms with Gasteiger partial charge < -0.3 is 14.4 Å².